The monoisotopic (exact) mass is 389 g/mol. The van der Waals surface area contributed by atoms with Gasteiger partial charge in [0, 0.05) is 38.2 Å². The molecule has 1 aliphatic carbocycles. The lowest BCUT2D eigenvalue weighted by Gasteiger charge is -2.22. The molecule has 28 heavy (non-hydrogen) atoms. The first-order valence-corrected chi connectivity index (χ1v) is 10.6. The molecule has 0 radical (unpaired) electrons. The first kappa shape index (κ1) is 20.9. The number of guanidine groups is 1. The summed E-state index contributed by atoms with van der Waals surface area (Å²) >= 11 is 0. The maximum absolute atomic E-state index is 6.03. The molecule has 1 heterocycles. The van der Waals surface area contributed by atoms with Gasteiger partial charge in [-0.25, -0.2) is 4.99 Å². The molecule has 1 N–H and O–H groups in total. The van der Waals surface area contributed by atoms with Crippen molar-refractivity contribution < 1.29 is 14.2 Å². The Morgan fingerprint density at radius 3 is 2.79 bits per heavy atom. The minimum absolute atomic E-state index is 0.551. The van der Waals surface area contributed by atoms with E-state index in [1.54, 1.807) is 7.11 Å². The molecule has 6 heteroatoms. The van der Waals surface area contributed by atoms with Crippen LogP contribution >= 0.6 is 0 Å². The highest BCUT2D eigenvalue weighted by Crippen LogP contribution is 2.30. The van der Waals surface area contributed by atoms with Gasteiger partial charge in [0.15, 0.2) is 5.96 Å². The first-order chi connectivity index (χ1) is 13.8. The highest BCUT2D eigenvalue weighted by molar-refractivity contribution is 5.80. The summed E-state index contributed by atoms with van der Waals surface area (Å²) in [6, 6.07) is 8.27. The van der Waals surface area contributed by atoms with Gasteiger partial charge in [-0.1, -0.05) is 18.2 Å². The zero-order chi connectivity index (χ0) is 19.6. The standard InChI is InChI=1S/C22H35N3O3/c1-3-23-22(25-11-10-19(15-25)16-27-13-12-26-2)24-14-20-6-4-5-7-21(20)28-17-18-8-9-18/h4-7,18-19H,3,8-17H2,1-2H3,(H,23,24). The Labute approximate surface area is 169 Å². The van der Waals surface area contributed by atoms with Gasteiger partial charge < -0.3 is 24.4 Å². The van der Waals surface area contributed by atoms with Crippen molar-refractivity contribution in [3.8, 4) is 5.75 Å². The molecule has 1 aliphatic heterocycles. The number of para-hydroxylation sites is 1. The molecular weight excluding hydrogens is 354 g/mol. The maximum atomic E-state index is 6.03. The molecule has 1 unspecified atom stereocenters. The van der Waals surface area contributed by atoms with Crippen LogP contribution in [0.5, 0.6) is 5.75 Å². The predicted octanol–water partition coefficient (Wildman–Crippen LogP) is 2.93. The topological polar surface area (TPSA) is 55.3 Å². The summed E-state index contributed by atoms with van der Waals surface area (Å²) in [7, 11) is 1.70. The van der Waals surface area contributed by atoms with Crippen molar-refractivity contribution in [2.45, 2.75) is 32.7 Å². The van der Waals surface area contributed by atoms with Crippen LogP contribution in [-0.4, -0.2) is 64.0 Å². The smallest absolute Gasteiger partial charge is 0.194 e. The first-order valence-electron chi connectivity index (χ1n) is 10.6. The van der Waals surface area contributed by atoms with Crippen LogP contribution in [0, 0.1) is 11.8 Å². The Bertz CT molecular complexity index is 619. The second-order valence-electron chi connectivity index (χ2n) is 7.70. The molecular formula is C22H35N3O3. The Balaban J connectivity index is 1.54. The molecule has 2 fully saturated rings. The molecule has 0 amide bonds. The fraction of sp³-hybridized carbons (Fsp3) is 0.682. The van der Waals surface area contributed by atoms with E-state index < -0.39 is 0 Å². The number of hydrogen-bond donors (Lipinski definition) is 1. The van der Waals surface area contributed by atoms with Crippen molar-refractivity contribution in [2.24, 2.45) is 16.8 Å². The quantitative estimate of drug-likeness (QED) is 0.358. The number of hydrogen-bond acceptors (Lipinski definition) is 4. The van der Waals surface area contributed by atoms with E-state index in [0.29, 0.717) is 25.7 Å². The van der Waals surface area contributed by atoms with E-state index in [2.05, 4.69) is 35.3 Å². The highest BCUT2D eigenvalue weighted by atomic mass is 16.5. The summed E-state index contributed by atoms with van der Waals surface area (Å²) < 4.78 is 16.8. The van der Waals surface area contributed by atoms with Gasteiger partial charge in [-0.05, 0) is 38.2 Å². The van der Waals surface area contributed by atoms with Crippen molar-refractivity contribution in [3.63, 3.8) is 0 Å². The zero-order valence-electron chi connectivity index (χ0n) is 17.4. The number of nitrogens with zero attached hydrogens (tertiary/aromatic N) is 2. The number of nitrogens with one attached hydrogen (secondary N) is 1. The molecule has 0 spiro atoms. The van der Waals surface area contributed by atoms with Gasteiger partial charge in [-0.3, -0.25) is 0 Å². The third-order valence-electron chi connectivity index (χ3n) is 5.25. The second kappa shape index (κ2) is 11.3. The molecule has 3 rings (SSSR count). The summed E-state index contributed by atoms with van der Waals surface area (Å²) in [5.41, 5.74) is 1.15. The van der Waals surface area contributed by atoms with E-state index in [1.165, 1.54) is 12.8 Å². The van der Waals surface area contributed by atoms with Crippen LogP contribution < -0.4 is 10.1 Å². The van der Waals surface area contributed by atoms with Crippen LogP contribution in [0.15, 0.2) is 29.3 Å². The lowest BCUT2D eigenvalue weighted by Crippen LogP contribution is -2.40. The molecule has 0 aromatic heterocycles. The zero-order valence-corrected chi connectivity index (χ0v) is 17.4. The van der Waals surface area contributed by atoms with Gasteiger partial charge in [0.1, 0.15) is 5.75 Å². The minimum Gasteiger partial charge on any atom is -0.493 e. The fourth-order valence-corrected chi connectivity index (χ4v) is 3.41. The normalized spacial score (nSPS) is 19.9. The van der Waals surface area contributed by atoms with E-state index in [-0.39, 0.29) is 0 Å². The second-order valence-corrected chi connectivity index (χ2v) is 7.70. The number of methoxy groups -OCH3 is 1. The Morgan fingerprint density at radius 1 is 1.14 bits per heavy atom. The van der Waals surface area contributed by atoms with Crippen LogP contribution in [0.25, 0.3) is 0 Å². The Kier molecular flexibility index (Phi) is 8.42. The maximum Gasteiger partial charge on any atom is 0.194 e. The molecule has 1 saturated heterocycles. The van der Waals surface area contributed by atoms with Crippen molar-refractivity contribution in [3.05, 3.63) is 29.8 Å². The van der Waals surface area contributed by atoms with Gasteiger partial charge in [-0.2, -0.15) is 0 Å². The van der Waals surface area contributed by atoms with Crippen LogP contribution in [-0.2, 0) is 16.0 Å². The van der Waals surface area contributed by atoms with Crippen LogP contribution in [0.4, 0.5) is 0 Å². The molecule has 156 valence electrons. The van der Waals surface area contributed by atoms with E-state index in [0.717, 1.165) is 62.5 Å². The lowest BCUT2D eigenvalue weighted by atomic mass is 10.1. The third-order valence-corrected chi connectivity index (χ3v) is 5.25. The average Bonchev–Trinajstić information content (AvgIpc) is 3.43. The van der Waals surface area contributed by atoms with Crippen molar-refractivity contribution >= 4 is 5.96 Å². The van der Waals surface area contributed by atoms with Gasteiger partial charge in [-0.15, -0.1) is 0 Å². The molecule has 1 aromatic carbocycles. The number of likely N-dealkylation sites (tertiary alicyclic amines) is 1. The van der Waals surface area contributed by atoms with Crippen molar-refractivity contribution in [2.75, 3.05) is 53.2 Å². The molecule has 1 aromatic rings. The average molecular weight is 390 g/mol. The van der Waals surface area contributed by atoms with E-state index in [1.807, 2.05) is 6.07 Å². The van der Waals surface area contributed by atoms with Crippen LogP contribution in [0.2, 0.25) is 0 Å². The van der Waals surface area contributed by atoms with E-state index >= 15 is 0 Å². The van der Waals surface area contributed by atoms with E-state index in [4.69, 9.17) is 19.2 Å². The summed E-state index contributed by atoms with van der Waals surface area (Å²) in [6.45, 7) is 8.56. The summed E-state index contributed by atoms with van der Waals surface area (Å²) in [4.78, 5) is 7.25. The molecule has 1 saturated carbocycles. The SMILES string of the molecule is CCNC(=NCc1ccccc1OCC1CC1)N1CCC(COCCOC)C1. The number of rotatable bonds is 11. The predicted molar refractivity (Wildman–Crippen MR) is 112 cm³/mol. The summed E-state index contributed by atoms with van der Waals surface area (Å²) in [6.07, 6.45) is 3.74. The number of aliphatic imine (C=N–C) groups is 1. The van der Waals surface area contributed by atoms with E-state index in [9.17, 15) is 0 Å². The lowest BCUT2D eigenvalue weighted by molar-refractivity contribution is 0.0536. The molecule has 0 bridgehead atoms. The number of benzene rings is 1. The molecule has 6 nitrogen and oxygen atoms in total. The van der Waals surface area contributed by atoms with Crippen molar-refractivity contribution in [1.29, 1.82) is 0 Å². The highest BCUT2D eigenvalue weighted by Gasteiger charge is 2.25. The minimum atomic E-state index is 0.551. The van der Waals surface area contributed by atoms with Gasteiger partial charge >= 0.3 is 0 Å². The van der Waals surface area contributed by atoms with Gasteiger partial charge in [0.2, 0.25) is 0 Å². The summed E-state index contributed by atoms with van der Waals surface area (Å²) in [5.74, 6) is 3.26. The largest absolute Gasteiger partial charge is 0.493 e. The fourth-order valence-electron chi connectivity index (χ4n) is 3.41. The molecule has 2 aliphatic rings. The Morgan fingerprint density at radius 2 is 2.00 bits per heavy atom. The van der Waals surface area contributed by atoms with Crippen molar-refractivity contribution in [1.82, 2.24) is 10.2 Å². The van der Waals surface area contributed by atoms with Gasteiger partial charge in [0.05, 0.1) is 33.0 Å². The van der Waals surface area contributed by atoms with Crippen LogP contribution in [0.3, 0.4) is 0 Å². The third kappa shape index (κ3) is 6.67. The van der Waals surface area contributed by atoms with Gasteiger partial charge in [0.25, 0.3) is 0 Å². The summed E-state index contributed by atoms with van der Waals surface area (Å²) in [5, 5.41) is 3.45. The molecule has 1 atom stereocenters. The van der Waals surface area contributed by atoms with Crippen LogP contribution in [0.1, 0.15) is 31.7 Å². The Hall–Kier alpha value is -1.79. The number of ether oxygens (including phenoxy) is 3.